The molecule has 1 saturated heterocycles. The van der Waals surface area contributed by atoms with E-state index in [9.17, 15) is 9.59 Å². The molecule has 23 heavy (non-hydrogen) atoms. The number of primary amides is 1. The van der Waals surface area contributed by atoms with Crippen LogP contribution in [-0.2, 0) is 14.3 Å². The Morgan fingerprint density at radius 3 is 2.70 bits per heavy atom. The smallest absolute Gasteiger partial charge is 0.260 e. The highest BCUT2D eigenvalue weighted by atomic mass is 16.5. The van der Waals surface area contributed by atoms with Crippen molar-refractivity contribution in [1.29, 1.82) is 0 Å². The van der Waals surface area contributed by atoms with Crippen LogP contribution in [0.15, 0.2) is 24.3 Å². The van der Waals surface area contributed by atoms with Gasteiger partial charge in [0.15, 0.2) is 18.1 Å². The Bertz CT molecular complexity index is 594. The number of benzene rings is 1. The quantitative estimate of drug-likeness (QED) is 0.768. The summed E-state index contributed by atoms with van der Waals surface area (Å²) in [6.45, 7) is 2.20. The van der Waals surface area contributed by atoms with Gasteiger partial charge in [-0.25, -0.2) is 0 Å². The van der Waals surface area contributed by atoms with Gasteiger partial charge in [-0.3, -0.25) is 9.59 Å². The van der Waals surface area contributed by atoms with Crippen LogP contribution in [-0.4, -0.2) is 56.7 Å². The first-order valence-electron chi connectivity index (χ1n) is 7.24. The standard InChI is InChI=1S/C16H20N2O5/c1-21-14-10-12(3-5-15(17)19)2-4-13(14)23-11-16(20)18-6-8-22-9-7-18/h2-5,10H,6-9,11H2,1H3,(H2,17,19). The van der Waals surface area contributed by atoms with Gasteiger partial charge in [-0.05, 0) is 23.8 Å². The third-order valence-electron chi connectivity index (χ3n) is 3.34. The lowest BCUT2D eigenvalue weighted by molar-refractivity contribution is -0.137. The normalized spacial score (nSPS) is 14.7. The Hall–Kier alpha value is -2.54. The number of nitrogens with two attached hydrogens (primary N) is 1. The molecule has 0 spiro atoms. The highest BCUT2D eigenvalue weighted by Crippen LogP contribution is 2.28. The molecule has 0 bridgehead atoms. The second kappa shape index (κ2) is 8.19. The molecule has 1 aromatic rings. The Morgan fingerprint density at radius 1 is 1.30 bits per heavy atom. The van der Waals surface area contributed by atoms with Crippen molar-refractivity contribution in [3.8, 4) is 11.5 Å². The molecule has 7 nitrogen and oxygen atoms in total. The number of carbonyl (C=O) groups excluding carboxylic acids is 2. The molecule has 2 amide bonds. The van der Waals surface area contributed by atoms with Crippen LogP contribution in [0.25, 0.3) is 6.08 Å². The summed E-state index contributed by atoms with van der Waals surface area (Å²) < 4.78 is 16.0. The van der Waals surface area contributed by atoms with Crippen LogP contribution < -0.4 is 15.2 Å². The minimum absolute atomic E-state index is 0.0627. The topological polar surface area (TPSA) is 91.1 Å². The van der Waals surface area contributed by atoms with E-state index in [4.69, 9.17) is 19.9 Å². The van der Waals surface area contributed by atoms with Gasteiger partial charge in [0.1, 0.15) is 0 Å². The number of carbonyl (C=O) groups is 2. The number of rotatable bonds is 6. The van der Waals surface area contributed by atoms with Gasteiger partial charge in [0.25, 0.3) is 5.91 Å². The van der Waals surface area contributed by atoms with E-state index in [1.807, 2.05) is 0 Å². The van der Waals surface area contributed by atoms with Gasteiger partial charge in [0, 0.05) is 19.2 Å². The first kappa shape index (κ1) is 16.8. The molecule has 7 heteroatoms. The summed E-state index contributed by atoms with van der Waals surface area (Å²) in [7, 11) is 1.51. The Kier molecular flexibility index (Phi) is 5.99. The first-order valence-corrected chi connectivity index (χ1v) is 7.24. The van der Waals surface area contributed by atoms with Crippen molar-refractivity contribution in [3.63, 3.8) is 0 Å². The van der Waals surface area contributed by atoms with Gasteiger partial charge in [-0.2, -0.15) is 0 Å². The van der Waals surface area contributed by atoms with Gasteiger partial charge in [0.2, 0.25) is 5.91 Å². The van der Waals surface area contributed by atoms with Crippen molar-refractivity contribution >= 4 is 17.9 Å². The highest BCUT2D eigenvalue weighted by Gasteiger charge is 2.17. The number of hydrogen-bond donors (Lipinski definition) is 1. The maximum absolute atomic E-state index is 12.1. The fourth-order valence-electron chi connectivity index (χ4n) is 2.13. The average Bonchev–Trinajstić information content (AvgIpc) is 2.58. The lowest BCUT2D eigenvalue weighted by Gasteiger charge is -2.26. The molecule has 1 heterocycles. The van der Waals surface area contributed by atoms with Crippen molar-refractivity contribution < 1.29 is 23.8 Å². The van der Waals surface area contributed by atoms with E-state index in [-0.39, 0.29) is 12.5 Å². The first-order chi connectivity index (χ1) is 11.1. The minimum atomic E-state index is -0.527. The molecule has 1 aliphatic heterocycles. The molecule has 0 atom stereocenters. The molecule has 1 fully saturated rings. The largest absolute Gasteiger partial charge is 0.493 e. The Morgan fingerprint density at radius 2 is 2.04 bits per heavy atom. The summed E-state index contributed by atoms with van der Waals surface area (Å²) in [6.07, 6.45) is 2.84. The predicted octanol–water partition coefficient (Wildman–Crippen LogP) is 0.431. The molecular weight excluding hydrogens is 300 g/mol. The van der Waals surface area contributed by atoms with Gasteiger partial charge in [0.05, 0.1) is 20.3 Å². The van der Waals surface area contributed by atoms with Gasteiger partial charge >= 0.3 is 0 Å². The fourth-order valence-corrected chi connectivity index (χ4v) is 2.13. The zero-order valence-electron chi connectivity index (χ0n) is 13.0. The van der Waals surface area contributed by atoms with Crippen molar-refractivity contribution in [1.82, 2.24) is 4.90 Å². The summed E-state index contributed by atoms with van der Waals surface area (Å²) in [5.74, 6) is 0.324. The van der Waals surface area contributed by atoms with Crippen LogP contribution in [0.5, 0.6) is 11.5 Å². The van der Waals surface area contributed by atoms with Gasteiger partial charge < -0.3 is 24.8 Å². The number of ether oxygens (including phenoxy) is 3. The monoisotopic (exact) mass is 320 g/mol. The predicted molar refractivity (Wildman–Crippen MR) is 84.1 cm³/mol. The number of morpholine rings is 1. The van der Waals surface area contributed by atoms with Crippen molar-refractivity contribution in [2.75, 3.05) is 40.0 Å². The molecule has 1 aromatic carbocycles. The highest BCUT2D eigenvalue weighted by molar-refractivity contribution is 5.90. The number of hydrogen-bond acceptors (Lipinski definition) is 5. The maximum atomic E-state index is 12.1. The van der Waals surface area contributed by atoms with Crippen molar-refractivity contribution in [2.24, 2.45) is 5.73 Å². The van der Waals surface area contributed by atoms with Crippen LogP contribution >= 0.6 is 0 Å². The Labute approximate surface area is 134 Å². The van der Waals surface area contributed by atoms with E-state index >= 15 is 0 Å². The zero-order chi connectivity index (χ0) is 16.7. The summed E-state index contributed by atoms with van der Waals surface area (Å²) in [5.41, 5.74) is 5.80. The summed E-state index contributed by atoms with van der Waals surface area (Å²) >= 11 is 0. The zero-order valence-corrected chi connectivity index (χ0v) is 13.0. The van der Waals surface area contributed by atoms with E-state index in [0.717, 1.165) is 5.56 Å². The average molecular weight is 320 g/mol. The van der Waals surface area contributed by atoms with Crippen molar-refractivity contribution in [3.05, 3.63) is 29.8 Å². The second-order valence-corrected chi connectivity index (χ2v) is 4.93. The van der Waals surface area contributed by atoms with Crippen LogP contribution in [0.4, 0.5) is 0 Å². The second-order valence-electron chi connectivity index (χ2n) is 4.93. The SMILES string of the molecule is COc1cc(C=CC(N)=O)ccc1OCC(=O)N1CCOCC1. The van der Waals surface area contributed by atoms with Crippen LogP contribution in [0, 0.1) is 0 Å². The summed E-state index contributed by atoms with van der Waals surface area (Å²) in [5, 5.41) is 0. The number of amides is 2. The van der Waals surface area contributed by atoms with Crippen molar-refractivity contribution in [2.45, 2.75) is 0 Å². The molecule has 0 aromatic heterocycles. The van der Waals surface area contributed by atoms with Crippen LogP contribution in [0.1, 0.15) is 5.56 Å². The molecule has 124 valence electrons. The lowest BCUT2D eigenvalue weighted by atomic mass is 10.2. The van der Waals surface area contributed by atoms with Crippen LogP contribution in [0.2, 0.25) is 0 Å². The molecule has 0 aliphatic carbocycles. The fraction of sp³-hybridized carbons (Fsp3) is 0.375. The van der Waals surface area contributed by atoms with Gasteiger partial charge in [-0.15, -0.1) is 0 Å². The molecule has 0 saturated carbocycles. The molecule has 2 N–H and O–H groups in total. The maximum Gasteiger partial charge on any atom is 0.260 e. The minimum Gasteiger partial charge on any atom is -0.493 e. The van der Waals surface area contributed by atoms with Gasteiger partial charge in [-0.1, -0.05) is 6.07 Å². The lowest BCUT2D eigenvalue weighted by Crippen LogP contribution is -2.43. The van der Waals surface area contributed by atoms with E-state index in [0.29, 0.717) is 37.8 Å². The molecule has 1 aliphatic rings. The summed E-state index contributed by atoms with van der Waals surface area (Å²) in [4.78, 5) is 24.5. The summed E-state index contributed by atoms with van der Waals surface area (Å²) in [6, 6.07) is 5.14. The van der Waals surface area contributed by atoms with E-state index < -0.39 is 5.91 Å². The Balaban J connectivity index is 1.98. The number of nitrogens with zero attached hydrogens (tertiary/aromatic N) is 1. The molecular formula is C16H20N2O5. The third kappa shape index (κ3) is 5.00. The molecule has 0 unspecified atom stereocenters. The van der Waals surface area contributed by atoms with E-state index in [2.05, 4.69) is 0 Å². The molecule has 0 radical (unpaired) electrons. The van der Waals surface area contributed by atoms with E-state index in [1.54, 1.807) is 29.2 Å². The van der Waals surface area contributed by atoms with E-state index in [1.165, 1.54) is 13.2 Å². The third-order valence-corrected chi connectivity index (χ3v) is 3.34. The molecule has 2 rings (SSSR count). The number of methoxy groups -OCH3 is 1. The van der Waals surface area contributed by atoms with Crippen LogP contribution in [0.3, 0.4) is 0 Å².